The fraction of sp³-hybridized carbons (Fsp3) is 0.627. The minimum atomic E-state index is -2.00. The lowest BCUT2D eigenvalue weighted by Crippen LogP contribution is -2.64. The molecule has 20 heteroatoms. The highest BCUT2D eigenvalue weighted by Crippen LogP contribution is 2.46. The standard InChI is InChI=1S/C30H43ClO5Si.C19H21ClO2.C18H42O6Si4/c1-7-28-20(2)21(3)29(36-37(4,5)6)30(32,35-28)24-10-15-27(31)23(19-24)18-22-8-11-25(12-9-22)33-16-17-34-26-13-14-26;1-14-2-9-19(20)16(12-14)13-15-3-5-17(6-4-15)21-10-11-22-18-7-8-18;1-25(2,3)20-13-14-15(22-26(4,5)6)16(23-27(7,8)9)17(18(19)21-14)24-28(10,11)12/h8-12,15,19-21,26,28-29,32H,7,13-14,16-18H2,1-6H3;2-6,9,12,18H,7-8,10-11,13H2,1H3;14-17H,13H2,1-12H3/t20-,21-,28+,29+,30?;;14-,15-,16+,17-/m0.1/s1. The van der Waals surface area contributed by atoms with Crippen LogP contribution in [0.15, 0.2) is 84.9 Å². The molecule has 1 N–H and O–H groups in total. The number of benzene rings is 4. The number of esters is 1. The van der Waals surface area contributed by atoms with Crippen molar-refractivity contribution in [3.8, 4) is 11.5 Å². The molecular weight excluding hydrogens is 1220 g/mol. The third-order valence-electron chi connectivity index (χ3n) is 14.9. The van der Waals surface area contributed by atoms with Gasteiger partial charge in [-0.3, -0.25) is 0 Å². The molecule has 0 amide bonds. The van der Waals surface area contributed by atoms with E-state index in [9.17, 15) is 9.90 Å². The fourth-order valence-electron chi connectivity index (χ4n) is 10.3. The van der Waals surface area contributed by atoms with Gasteiger partial charge in [-0.25, -0.2) is 4.79 Å². The van der Waals surface area contributed by atoms with Gasteiger partial charge in [0, 0.05) is 15.6 Å². The Morgan fingerprint density at radius 3 is 1.46 bits per heavy atom. The monoisotopic (exact) mass is 1330 g/mol. The number of hydrogen-bond acceptors (Lipinski definition) is 13. The van der Waals surface area contributed by atoms with E-state index in [2.05, 4.69) is 156 Å². The van der Waals surface area contributed by atoms with Crippen molar-refractivity contribution >= 4 is 70.8 Å². The Kier molecular flexibility index (Phi) is 26.7. The molecule has 0 spiro atoms. The van der Waals surface area contributed by atoms with Crippen LogP contribution < -0.4 is 9.47 Å². The van der Waals surface area contributed by atoms with E-state index in [-0.39, 0.29) is 30.0 Å². The van der Waals surface area contributed by atoms with E-state index in [4.69, 9.17) is 73.8 Å². The quantitative estimate of drug-likeness (QED) is 0.0345. The summed E-state index contributed by atoms with van der Waals surface area (Å²) >= 11 is 12.9. The lowest BCUT2D eigenvalue weighted by molar-refractivity contribution is -0.331. The summed E-state index contributed by atoms with van der Waals surface area (Å²) in [6.07, 6.45) is 5.41. The first-order valence-electron chi connectivity index (χ1n) is 31.6. The number of carbonyl (C=O) groups excluding carboxylic acids is 1. The van der Waals surface area contributed by atoms with Crippen molar-refractivity contribution in [2.24, 2.45) is 11.8 Å². The molecule has 4 aliphatic rings. The first-order valence-corrected chi connectivity index (χ1v) is 49.4. The molecule has 13 nitrogen and oxygen atoms in total. The Hall–Kier alpha value is -2.75. The Balaban J connectivity index is 0.000000216. The average molecular weight is 1330 g/mol. The summed E-state index contributed by atoms with van der Waals surface area (Å²) in [7, 11) is -9.63. The Bertz CT molecular complexity index is 2770. The summed E-state index contributed by atoms with van der Waals surface area (Å²) in [5, 5.41) is 13.6. The van der Waals surface area contributed by atoms with Crippen molar-refractivity contribution in [1.82, 2.24) is 0 Å². The number of hydrogen-bond donors (Lipinski definition) is 1. The molecule has 4 aromatic rings. The number of aliphatic hydroxyl groups is 1. The normalized spacial score (nSPS) is 24.5. The van der Waals surface area contributed by atoms with Crippen LogP contribution in [-0.2, 0) is 64.5 Å². The lowest BCUT2D eigenvalue weighted by Gasteiger charge is -2.51. The Labute approximate surface area is 538 Å². The van der Waals surface area contributed by atoms with E-state index >= 15 is 0 Å². The fourth-order valence-corrected chi connectivity index (χ4v) is 15.7. The Morgan fingerprint density at radius 2 is 1.01 bits per heavy atom. The molecule has 486 valence electrons. The third-order valence-corrected chi connectivity index (χ3v) is 20.5. The molecule has 8 rings (SSSR count). The van der Waals surface area contributed by atoms with Gasteiger partial charge >= 0.3 is 5.97 Å². The van der Waals surface area contributed by atoms with E-state index in [0.717, 1.165) is 46.1 Å². The molecule has 2 saturated carbocycles. The number of cyclic esters (lactones) is 1. The molecule has 0 radical (unpaired) electrons. The first kappa shape index (κ1) is 73.3. The largest absolute Gasteiger partial charge is 0.491 e. The molecule has 2 saturated heterocycles. The van der Waals surface area contributed by atoms with Gasteiger partial charge in [0.25, 0.3) is 0 Å². The summed E-state index contributed by atoms with van der Waals surface area (Å²) in [6, 6.07) is 28.1. The minimum absolute atomic E-state index is 0.0529. The molecule has 2 aliphatic heterocycles. The summed E-state index contributed by atoms with van der Waals surface area (Å²) < 4.78 is 67.0. The molecule has 0 aromatic heterocycles. The zero-order valence-corrected chi connectivity index (χ0v) is 62.5. The zero-order valence-electron chi connectivity index (χ0n) is 55.9. The highest BCUT2D eigenvalue weighted by atomic mass is 35.5. The highest BCUT2D eigenvalue weighted by Gasteiger charge is 2.54. The summed E-state index contributed by atoms with van der Waals surface area (Å²) in [5.74, 6) is 0.236. The van der Waals surface area contributed by atoms with Gasteiger partial charge in [0.15, 0.2) is 53.8 Å². The maximum atomic E-state index is 12.9. The average Bonchev–Trinajstić information content (AvgIpc) is 1.79. The number of rotatable bonds is 27. The predicted octanol–water partition coefficient (Wildman–Crippen LogP) is 16.2. The number of ether oxygens (including phenoxy) is 6. The van der Waals surface area contributed by atoms with Crippen molar-refractivity contribution in [3.05, 3.63) is 128 Å². The van der Waals surface area contributed by atoms with Crippen LogP contribution in [0.3, 0.4) is 0 Å². The predicted molar refractivity (Wildman–Crippen MR) is 365 cm³/mol. The molecule has 87 heavy (non-hydrogen) atoms. The van der Waals surface area contributed by atoms with Crippen molar-refractivity contribution in [1.29, 1.82) is 0 Å². The first-order chi connectivity index (χ1) is 40.5. The van der Waals surface area contributed by atoms with E-state index in [1.54, 1.807) is 0 Å². The number of carbonyl (C=O) groups is 1. The van der Waals surface area contributed by atoms with E-state index in [1.807, 2.05) is 54.6 Å². The topological polar surface area (TPSA) is 139 Å². The van der Waals surface area contributed by atoms with Crippen LogP contribution in [-0.4, -0.2) is 135 Å². The highest BCUT2D eigenvalue weighted by molar-refractivity contribution is 6.71. The number of aryl methyl sites for hydroxylation is 1. The van der Waals surface area contributed by atoms with Gasteiger partial charge in [-0.15, -0.1) is 0 Å². The van der Waals surface area contributed by atoms with Crippen molar-refractivity contribution in [2.75, 3.05) is 33.0 Å². The smallest absolute Gasteiger partial charge is 0.337 e. The molecule has 4 fully saturated rings. The maximum absolute atomic E-state index is 12.9. The van der Waals surface area contributed by atoms with Crippen molar-refractivity contribution < 1.29 is 60.5 Å². The number of halogens is 2. The van der Waals surface area contributed by atoms with Gasteiger partial charge in [-0.1, -0.05) is 92.0 Å². The van der Waals surface area contributed by atoms with Crippen LogP contribution in [0.2, 0.25) is 108 Å². The molecule has 2 aliphatic carbocycles. The van der Waals surface area contributed by atoms with E-state index in [0.29, 0.717) is 62.2 Å². The second-order valence-electron chi connectivity index (χ2n) is 28.9. The summed E-state index contributed by atoms with van der Waals surface area (Å²) in [6.45, 7) is 43.2. The minimum Gasteiger partial charge on any atom is -0.491 e. The van der Waals surface area contributed by atoms with Gasteiger partial charge in [0.2, 0.25) is 5.79 Å². The SMILES string of the molecule is CC[C@H]1OC(O)(c2ccc(Cl)c(Cc3ccc(OCCOC4CC4)cc3)c2)[C@H](O[Si](C)(C)C)[C@@H](C)[C@@H]1C.C[Si](C)(C)OC[C@H]1OC(=O)[C@H](O[Si](C)(C)C)[C@@H](O[Si](C)(C)C)[C@@H]1O[Si](C)(C)C.Cc1ccc(Cl)c(Cc2ccc(OCCOC3CC3)cc2)c1. The zero-order chi connectivity index (χ0) is 64.3. The molecule has 4 aromatic carbocycles. The van der Waals surface area contributed by atoms with Gasteiger partial charge in [0.05, 0.1) is 38.1 Å². The molecular formula is C67H106Cl2O13Si5. The van der Waals surface area contributed by atoms with Crippen molar-refractivity contribution in [3.63, 3.8) is 0 Å². The molecule has 9 atom stereocenters. The van der Waals surface area contributed by atoms with Gasteiger partial charge in [-0.05, 0) is 227 Å². The third kappa shape index (κ3) is 25.0. The summed E-state index contributed by atoms with van der Waals surface area (Å²) in [5.41, 5.74) is 6.37. The second-order valence-corrected chi connectivity index (χ2v) is 52.1. The lowest BCUT2D eigenvalue weighted by atomic mass is 9.77. The van der Waals surface area contributed by atoms with E-state index in [1.165, 1.54) is 36.8 Å². The van der Waals surface area contributed by atoms with Crippen LogP contribution in [0.5, 0.6) is 11.5 Å². The molecule has 1 unspecified atom stereocenters. The van der Waals surface area contributed by atoms with Crippen LogP contribution in [0.4, 0.5) is 0 Å². The van der Waals surface area contributed by atoms with Crippen LogP contribution >= 0.6 is 23.2 Å². The van der Waals surface area contributed by atoms with Gasteiger partial charge < -0.3 is 55.7 Å². The Morgan fingerprint density at radius 1 is 0.552 bits per heavy atom. The summed E-state index contributed by atoms with van der Waals surface area (Å²) in [4.78, 5) is 12.9. The van der Waals surface area contributed by atoms with Crippen molar-refractivity contribution in [2.45, 2.75) is 225 Å². The van der Waals surface area contributed by atoms with Crippen LogP contribution in [0, 0.1) is 18.8 Å². The van der Waals surface area contributed by atoms with Crippen LogP contribution in [0.1, 0.15) is 86.3 Å². The van der Waals surface area contributed by atoms with Gasteiger partial charge in [-0.2, -0.15) is 0 Å². The second kappa shape index (κ2) is 31.7. The van der Waals surface area contributed by atoms with Crippen LogP contribution in [0.25, 0.3) is 0 Å². The molecule has 0 bridgehead atoms. The molecule has 2 heterocycles. The van der Waals surface area contributed by atoms with E-state index < -0.39 is 71.8 Å². The maximum Gasteiger partial charge on any atom is 0.337 e. The van der Waals surface area contributed by atoms with Gasteiger partial charge in [0.1, 0.15) is 43.0 Å².